The average molecular weight is 420 g/mol. The number of aromatic carboxylic acids is 1. The molecule has 2 aliphatic rings. The van der Waals surface area contributed by atoms with Gasteiger partial charge in [0.1, 0.15) is 23.2 Å². The van der Waals surface area contributed by atoms with Crippen molar-refractivity contribution in [1.29, 1.82) is 0 Å². The highest BCUT2D eigenvalue weighted by Crippen LogP contribution is 2.39. The Bertz CT molecular complexity index is 863. The quantitative estimate of drug-likeness (QED) is 0.558. The van der Waals surface area contributed by atoms with Crippen molar-refractivity contribution < 1.29 is 38.9 Å². The van der Waals surface area contributed by atoms with Crippen molar-refractivity contribution in [2.24, 2.45) is 11.8 Å². The van der Waals surface area contributed by atoms with E-state index >= 15 is 0 Å². The molecular formula is C20H27BNO8-. The molecule has 0 spiro atoms. The highest BCUT2D eigenvalue weighted by Gasteiger charge is 2.37. The van der Waals surface area contributed by atoms with E-state index in [-0.39, 0.29) is 66.9 Å². The number of aryl methyl sites for hydroxylation is 1. The summed E-state index contributed by atoms with van der Waals surface area (Å²) in [6.45, 7) is 2.77. The minimum Gasteiger partial charge on any atom is -0.669 e. The van der Waals surface area contributed by atoms with Crippen LogP contribution in [0.5, 0.6) is 11.5 Å². The van der Waals surface area contributed by atoms with Crippen LogP contribution in [0.25, 0.3) is 0 Å². The lowest BCUT2D eigenvalue weighted by Crippen LogP contribution is -2.57. The third-order valence-corrected chi connectivity index (χ3v) is 5.54. The SMILES string of the molecule is CC(C)C(=O)C[C@H](C)C(=O)N1CC(Oc2ccc3c(c2C(=O)O)O[B-](O)(O)CC3)C1. The Morgan fingerprint density at radius 1 is 1.23 bits per heavy atom. The van der Waals surface area contributed by atoms with E-state index in [4.69, 9.17) is 9.39 Å². The number of Topliss-reactive ketones (excluding diaryl/α,β-unsaturated/α-hetero) is 1. The molecule has 0 saturated carbocycles. The lowest BCUT2D eigenvalue weighted by molar-refractivity contribution is -0.145. The Labute approximate surface area is 174 Å². The molecule has 10 heteroatoms. The van der Waals surface area contributed by atoms with Crippen LogP contribution >= 0.6 is 0 Å². The van der Waals surface area contributed by atoms with Gasteiger partial charge < -0.3 is 29.4 Å². The number of rotatable bonds is 7. The van der Waals surface area contributed by atoms with Gasteiger partial charge in [-0.1, -0.05) is 33.2 Å². The monoisotopic (exact) mass is 420 g/mol. The Hall–Kier alpha value is -2.59. The molecule has 164 valence electrons. The van der Waals surface area contributed by atoms with Gasteiger partial charge in [-0.3, -0.25) is 9.59 Å². The Balaban J connectivity index is 1.66. The van der Waals surface area contributed by atoms with Gasteiger partial charge in [-0.25, -0.2) is 4.79 Å². The average Bonchev–Trinajstić information content (AvgIpc) is 2.61. The van der Waals surface area contributed by atoms with Crippen molar-refractivity contribution in [1.82, 2.24) is 4.90 Å². The minimum atomic E-state index is -3.11. The number of carbonyl (C=O) groups excluding carboxylic acids is 2. The van der Waals surface area contributed by atoms with E-state index < -0.39 is 24.7 Å². The van der Waals surface area contributed by atoms with E-state index in [1.54, 1.807) is 31.7 Å². The maximum atomic E-state index is 12.5. The Morgan fingerprint density at radius 3 is 2.50 bits per heavy atom. The zero-order valence-electron chi connectivity index (χ0n) is 17.3. The van der Waals surface area contributed by atoms with Gasteiger partial charge in [0.05, 0.1) is 18.8 Å². The number of ether oxygens (including phenoxy) is 1. The second-order valence-corrected chi connectivity index (χ2v) is 8.46. The van der Waals surface area contributed by atoms with Gasteiger partial charge in [-0.15, -0.1) is 0 Å². The van der Waals surface area contributed by atoms with Crippen LogP contribution in [0.4, 0.5) is 0 Å². The number of hydrogen-bond acceptors (Lipinski definition) is 7. The predicted molar refractivity (Wildman–Crippen MR) is 107 cm³/mol. The molecule has 1 aromatic carbocycles. The van der Waals surface area contributed by atoms with Crippen LogP contribution in [0.1, 0.15) is 43.1 Å². The van der Waals surface area contributed by atoms with Crippen LogP contribution in [0.2, 0.25) is 6.32 Å². The third kappa shape index (κ3) is 4.60. The first-order chi connectivity index (χ1) is 14.0. The summed E-state index contributed by atoms with van der Waals surface area (Å²) in [6.07, 6.45) is 0.0565. The van der Waals surface area contributed by atoms with E-state index in [9.17, 15) is 29.5 Å². The summed E-state index contributed by atoms with van der Waals surface area (Å²) in [4.78, 5) is 37.7. The summed E-state index contributed by atoms with van der Waals surface area (Å²) >= 11 is 0. The molecule has 0 aliphatic carbocycles. The molecule has 0 aromatic heterocycles. The summed E-state index contributed by atoms with van der Waals surface area (Å²) in [5.74, 6) is -1.98. The van der Waals surface area contributed by atoms with Gasteiger partial charge >= 0.3 is 12.7 Å². The summed E-state index contributed by atoms with van der Waals surface area (Å²) < 4.78 is 10.9. The molecular weight excluding hydrogens is 393 g/mol. The van der Waals surface area contributed by atoms with Crippen molar-refractivity contribution in [2.45, 2.75) is 46.0 Å². The van der Waals surface area contributed by atoms with Crippen molar-refractivity contribution in [2.75, 3.05) is 13.1 Å². The molecule has 1 atom stereocenters. The molecule has 1 saturated heterocycles. The molecule has 2 aliphatic heterocycles. The molecule has 3 rings (SSSR count). The lowest BCUT2D eigenvalue weighted by Gasteiger charge is -2.41. The van der Waals surface area contributed by atoms with Crippen molar-refractivity contribution in [3.8, 4) is 11.5 Å². The van der Waals surface area contributed by atoms with Crippen molar-refractivity contribution in [3.63, 3.8) is 0 Å². The van der Waals surface area contributed by atoms with E-state index in [0.29, 0.717) is 5.56 Å². The van der Waals surface area contributed by atoms with Crippen LogP contribution in [-0.2, 0) is 16.0 Å². The summed E-state index contributed by atoms with van der Waals surface area (Å²) in [5, 5.41) is 29.2. The first-order valence-electron chi connectivity index (χ1n) is 10.1. The zero-order chi connectivity index (χ0) is 22.2. The van der Waals surface area contributed by atoms with E-state index in [1.165, 1.54) is 6.07 Å². The number of carbonyl (C=O) groups is 3. The van der Waals surface area contributed by atoms with Crippen LogP contribution in [0.3, 0.4) is 0 Å². The Morgan fingerprint density at radius 2 is 1.90 bits per heavy atom. The number of ketones is 1. The molecule has 2 heterocycles. The van der Waals surface area contributed by atoms with Gasteiger partial charge in [0.2, 0.25) is 5.91 Å². The van der Waals surface area contributed by atoms with Crippen LogP contribution in [0, 0.1) is 11.8 Å². The highest BCUT2D eigenvalue weighted by molar-refractivity contribution is 6.59. The number of benzene rings is 1. The van der Waals surface area contributed by atoms with E-state index in [2.05, 4.69) is 0 Å². The molecule has 30 heavy (non-hydrogen) atoms. The third-order valence-electron chi connectivity index (χ3n) is 5.54. The predicted octanol–water partition coefficient (Wildman–Crippen LogP) is 1.08. The molecule has 1 amide bonds. The van der Waals surface area contributed by atoms with E-state index in [1.807, 2.05) is 0 Å². The standard InChI is InChI=1S/C20H27BNO8/c1-11(2)15(23)8-12(3)19(24)22-9-14(10-22)29-16-5-4-13-6-7-21(27,28)30-18(13)17(16)20(25)26/h4-5,11-12,14,27-28H,6-10H2,1-3H3,(H,25,26)/q-1/t12-/m0/s1. The summed E-state index contributed by atoms with van der Waals surface area (Å²) in [7, 11) is 0. The maximum absolute atomic E-state index is 12.5. The van der Waals surface area contributed by atoms with Gasteiger partial charge in [0, 0.05) is 18.3 Å². The van der Waals surface area contributed by atoms with Crippen molar-refractivity contribution >= 4 is 24.4 Å². The molecule has 1 aromatic rings. The number of carboxylic acid groups (broad SMARTS) is 1. The smallest absolute Gasteiger partial charge is 0.430 e. The molecule has 3 N–H and O–H groups in total. The highest BCUT2D eigenvalue weighted by atomic mass is 16.6. The summed E-state index contributed by atoms with van der Waals surface area (Å²) in [6, 6.07) is 3.17. The van der Waals surface area contributed by atoms with Gasteiger partial charge in [0.15, 0.2) is 0 Å². The topological polar surface area (TPSA) is 134 Å². The fraction of sp³-hybridized carbons (Fsp3) is 0.550. The molecule has 0 unspecified atom stereocenters. The number of amides is 1. The molecule has 9 nitrogen and oxygen atoms in total. The van der Waals surface area contributed by atoms with Gasteiger partial charge in [-0.05, 0) is 18.1 Å². The molecule has 0 radical (unpaired) electrons. The van der Waals surface area contributed by atoms with Gasteiger partial charge in [0.25, 0.3) is 0 Å². The summed E-state index contributed by atoms with van der Waals surface area (Å²) in [5.41, 5.74) is 0.302. The second kappa shape index (κ2) is 8.27. The fourth-order valence-electron chi connectivity index (χ4n) is 3.64. The number of nitrogens with zero attached hydrogens (tertiary/aromatic N) is 1. The van der Waals surface area contributed by atoms with E-state index in [0.717, 1.165) is 0 Å². The molecule has 1 fully saturated rings. The van der Waals surface area contributed by atoms with Gasteiger partial charge in [-0.2, -0.15) is 0 Å². The minimum absolute atomic E-state index is 0.0105. The Kier molecular flexibility index (Phi) is 6.10. The first kappa shape index (κ1) is 22.1. The van der Waals surface area contributed by atoms with Crippen LogP contribution in [0.15, 0.2) is 12.1 Å². The van der Waals surface area contributed by atoms with Crippen LogP contribution in [-0.4, -0.2) is 63.7 Å². The molecule has 0 bridgehead atoms. The fourth-order valence-corrected chi connectivity index (χ4v) is 3.64. The largest absolute Gasteiger partial charge is 0.669 e. The number of hydrogen-bond donors (Lipinski definition) is 3. The van der Waals surface area contributed by atoms with Crippen LogP contribution < -0.4 is 9.39 Å². The normalized spacial score (nSPS) is 18.8. The number of likely N-dealkylation sites (tertiary alicyclic amines) is 1. The first-order valence-corrected chi connectivity index (χ1v) is 10.1. The maximum Gasteiger partial charge on any atom is 0.430 e. The number of carboxylic acids is 1. The second-order valence-electron chi connectivity index (χ2n) is 8.46. The zero-order valence-corrected chi connectivity index (χ0v) is 17.3. The lowest BCUT2D eigenvalue weighted by atomic mass is 9.70. The number of fused-ring (bicyclic) bond motifs is 1. The van der Waals surface area contributed by atoms with Crippen molar-refractivity contribution in [3.05, 3.63) is 23.3 Å².